The fourth-order valence-electron chi connectivity index (χ4n) is 1.69. The highest BCUT2D eigenvalue weighted by atomic mass is 32.1. The minimum absolute atomic E-state index is 0.123. The average Bonchev–Trinajstić information content (AvgIpc) is 2.30. The molecule has 0 heterocycles. The second kappa shape index (κ2) is 11.3. The van der Waals surface area contributed by atoms with Crippen LogP contribution in [0.5, 0.6) is 0 Å². The van der Waals surface area contributed by atoms with Crippen molar-refractivity contribution < 1.29 is 9.53 Å². The lowest BCUT2D eigenvalue weighted by molar-refractivity contribution is -0.140. The molecule has 2 nitrogen and oxygen atoms in total. The summed E-state index contributed by atoms with van der Waals surface area (Å²) in [4.78, 5) is 10.9. The van der Waals surface area contributed by atoms with E-state index in [0.717, 1.165) is 12.8 Å². The van der Waals surface area contributed by atoms with Gasteiger partial charge in [-0.2, -0.15) is 12.6 Å². The summed E-state index contributed by atoms with van der Waals surface area (Å²) in [5.74, 6) is -0.123. The predicted molar refractivity (Wildman–Crippen MR) is 72.0 cm³/mol. The highest BCUT2D eigenvalue weighted by Gasteiger charge is 2.06. The van der Waals surface area contributed by atoms with Gasteiger partial charge in [-0.1, -0.05) is 45.4 Å². The molecule has 0 rings (SSSR count). The van der Waals surface area contributed by atoms with Crippen LogP contribution in [0.3, 0.4) is 0 Å². The molecule has 0 aromatic rings. The third kappa shape index (κ3) is 10.3. The number of rotatable bonds is 10. The molecule has 0 aliphatic rings. The molecule has 0 bridgehead atoms. The molecule has 0 radical (unpaired) electrons. The molecular weight excluding hydrogens is 220 g/mol. The fraction of sp³-hybridized carbons (Fsp3) is 0.923. The second-order valence-corrected chi connectivity index (χ2v) is 5.06. The van der Waals surface area contributed by atoms with E-state index in [2.05, 4.69) is 24.3 Å². The van der Waals surface area contributed by atoms with Gasteiger partial charge >= 0.3 is 5.97 Å². The minimum Gasteiger partial charge on any atom is -0.469 e. The van der Waals surface area contributed by atoms with Crippen LogP contribution in [-0.4, -0.2) is 18.3 Å². The maximum atomic E-state index is 10.9. The Balaban J connectivity index is 3.23. The second-order valence-electron chi connectivity index (χ2n) is 4.33. The van der Waals surface area contributed by atoms with Crippen LogP contribution >= 0.6 is 12.6 Å². The molecule has 0 saturated heterocycles. The van der Waals surface area contributed by atoms with E-state index in [0.29, 0.717) is 11.7 Å². The van der Waals surface area contributed by atoms with Crippen LogP contribution in [0.1, 0.15) is 64.7 Å². The van der Waals surface area contributed by atoms with Crippen molar-refractivity contribution in [2.24, 2.45) is 0 Å². The van der Waals surface area contributed by atoms with Crippen LogP contribution in [0, 0.1) is 0 Å². The summed E-state index contributed by atoms with van der Waals surface area (Å²) in [5.41, 5.74) is 0. The zero-order valence-corrected chi connectivity index (χ0v) is 11.6. The first-order valence-corrected chi connectivity index (χ1v) is 6.97. The van der Waals surface area contributed by atoms with Gasteiger partial charge in [0.2, 0.25) is 0 Å². The summed E-state index contributed by atoms with van der Waals surface area (Å²) in [6, 6.07) is 0. The van der Waals surface area contributed by atoms with Crippen LogP contribution in [0.25, 0.3) is 0 Å². The molecule has 0 N–H and O–H groups in total. The van der Waals surface area contributed by atoms with Crippen LogP contribution in [0.2, 0.25) is 0 Å². The molecule has 0 spiro atoms. The Bertz CT molecular complexity index is 171. The number of hydrogen-bond donors (Lipinski definition) is 1. The number of ether oxygens (including phenoxy) is 1. The number of thiol groups is 1. The number of esters is 1. The van der Waals surface area contributed by atoms with Crippen molar-refractivity contribution in [2.75, 3.05) is 7.11 Å². The summed E-state index contributed by atoms with van der Waals surface area (Å²) < 4.78 is 4.60. The van der Waals surface area contributed by atoms with Crippen molar-refractivity contribution in [3.8, 4) is 0 Å². The van der Waals surface area contributed by atoms with E-state index < -0.39 is 0 Å². The van der Waals surface area contributed by atoms with Gasteiger partial charge in [0.25, 0.3) is 0 Å². The predicted octanol–water partition coefficient (Wildman–Crippen LogP) is 3.99. The Morgan fingerprint density at radius 2 is 1.75 bits per heavy atom. The van der Waals surface area contributed by atoms with Gasteiger partial charge in [0.05, 0.1) is 7.11 Å². The molecule has 3 heteroatoms. The molecule has 0 aromatic heterocycles. The molecule has 0 fully saturated rings. The molecule has 1 unspecified atom stereocenters. The normalized spacial score (nSPS) is 12.4. The third-order valence-corrected chi connectivity index (χ3v) is 3.32. The van der Waals surface area contributed by atoms with E-state index in [1.54, 1.807) is 0 Å². The highest BCUT2D eigenvalue weighted by molar-refractivity contribution is 7.80. The Labute approximate surface area is 106 Å². The highest BCUT2D eigenvalue weighted by Crippen LogP contribution is 2.15. The molecule has 0 aliphatic heterocycles. The van der Waals surface area contributed by atoms with Crippen LogP contribution < -0.4 is 0 Å². The summed E-state index contributed by atoms with van der Waals surface area (Å²) in [7, 11) is 1.43. The van der Waals surface area contributed by atoms with E-state index in [9.17, 15) is 4.79 Å². The topological polar surface area (TPSA) is 26.3 Å². The van der Waals surface area contributed by atoms with E-state index in [4.69, 9.17) is 0 Å². The first kappa shape index (κ1) is 15.8. The summed E-state index contributed by atoms with van der Waals surface area (Å²) in [5, 5.41) is 0.352. The first-order chi connectivity index (χ1) is 7.70. The maximum absolute atomic E-state index is 10.9. The smallest absolute Gasteiger partial charge is 0.305 e. The minimum atomic E-state index is -0.123. The zero-order valence-electron chi connectivity index (χ0n) is 10.7. The van der Waals surface area contributed by atoms with Gasteiger partial charge in [-0.3, -0.25) is 4.79 Å². The van der Waals surface area contributed by atoms with Gasteiger partial charge in [0.15, 0.2) is 0 Å². The van der Waals surface area contributed by atoms with Crippen LogP contribution in [0.15, 0.2) is 0 Å². The largest absolute Gasteiger partial charge is 0.469 e. The van der Waals surface area contributed by atoms with Gasteiger partial charge in [-0.25, -0.2) is 0 Å². The molecule has 1 atom stereocenters. The van der Waals surface area contributed by atoms with Crippen molar-refractivity contribution in [3.63, 3.8) is 0 Å². The van der Waals surface area contributed by atoms with E-state index in [1.165, 1.54) is 45.6 Å². The average molecular weight is 246 g/mol. The lowest BCUT2D eigenvalue weighted by atomic mass is 10.1. The molecule has 16 heavy (non-hydrogen) atoms. The standard InChI is InChI=1S/C13H26O2S/c1-3-4-5-6-7-8-9-12(16)10-11-13(14)15-2/h12,16H,3-11H2,1-2H3. The zero-order chi connectivity index (χ0) is 12.2. The van der Waals surface area contributed by atoms with Crippen LogP contribution in [0.4, 0.5) is 0 Å². The first-order valence-electron chi connectivity index (χ1n) is 6.45. The number of unbranched alkanes of at least 4 members (excludes halogenated alkanes) is 5. The Morgan fingerprint density at radius 3 is 2.38 bits per heavy atom. The molecule has 96 valence electrons. The van der Waals surface area contributed by atoms with Crippen molar-refractivity contribution in [1.82, 2.24) is 0 Å². The van der Waals surface area contributed by atoms with E-state index in [-0.39, 0.29) is 5.97 Å². The van der Waals surface area contributed by atoms with Gasteiger partial charge in [0, 0.05) is 11.7 Å². The molecule has 0 amide bonds. The molecule has 0 saturated carbocycles. The monoisotopic (exact) mass is 246 g/mol. The summed E-state index contributed by atoms with van der Waals surface area (Å²) in [6.45, 7) is 2.23. The Kier molecular flexibility index (Phi) is 11.2. The number of methoxy groups -OCH3 is 1. The van der Waals surface area contributed by atoms with Gasteiger partial charge in [-0.15, -0.1) is 0 Å². The SMILES string of the molecule is CCCCCCCCC(S)CCC(=O)OC. The van der Waals surface area contributed by atoms with Crippen molar-refractivity contribution >= 4 is 18.6 Å². The van der Waals surface area contributed by atoms with Gasteiger partial charge in [0.1, 0.15) is 0 Å². The van der Waals surface area contributed by atoms with Gasteiger partial charge < -0.3 is 4.74 Å². The quantitative estimate of drug-likeness (QED) is 0.358. The van der Waals surface area contributed by atoms with Crippen molar-refractivity contribution in [1.29, 1.82) is 0 Å². The fourth-order valence-corrected chi connectivity index (χ4v) is 2.00. The molecular formula is C13H26O2S. The van der Waals surface area contributed by atoms with Crippen molar-refractivity contribution in [2.45, 2.75) is 70.0 Å². The van der Waals surface area contributed by atoms with Crippen LogP contribution in [-0.2, 0) is 9.53 Å². The number of carbonyl (C=O) groups is 1. The van der Waals surface area contributed by atoms with E-state index >= 15 is 0 Å². The molecule has 0 aromatic carbocycles. The number of hydrogen-bond acceptors (Lipinski definition) is 3. The summed E-state index contributed by atoms with van der Waals surface area (Å²) in [6.07, 6.45) is 10.3. The number of carbonyl (C=O) groups excluding carboxylic acids is 1. The van der Waals surface area contributed by atoms with E-state index in [1.807, 2.05) is 0 Å². The molecule has 0 aliphatic carbocycles. The maximum Gasteiger partial charge on any atom is 0.305 e. The van der Waals surface area contributed by atoms with Gasteiger partial charge in [-0.05, 0) is 12.8 Å². The lowest BCUT2D eigenvalue weighted by Crippen LogP contribution is -2.06. The third-order valence-electron chi connectivity index (χ3n) is 2.80. The Morgan fingerprint density at radius 1 is 1.12 bits per heavy atom. The Hall–Kier alpha value is -0.180. The summed E-state index contributed by atoms with van der Waals surface area (Å²) >= 11 is 4.48. The van der Waals surface area contributed by atoms with Crippen molar-refractivity contribution in [3.05, 3.63) is 0 Å². The lowest BCUT2D eigenvalue weighted by Gasteiger charge is -2.09.